The molecule has 3 rings (SSSR count). The highest BCUT2D eigenvalue weighted by Crippen LogP contribution is 2.18. The summed E-state index contributed by atoms with van der Waals surface area (Å²) >= 11 is 0. The number of aryl methyl sites for hydroxylation is 1. The standard InChI is InChI=1S/C18H21N5O2/c1-12-16(10-19-21-18(25)17(24)20-15-8-9-15)13(2)23(22-12)11-14-6-4-3-5-7-14/h3-7,10,15H,8-9,11H2,1-2H3,(H,20,24)(H,21,25)/b19-10-. The highest BCUT2D eigenvalue weighted by Gasteiger charge is 2.26. The Hall–Kier alpha value is -2.96. The number of hydrazone groups is 1. The van der Waals surface area contributed by atoms with E-state index < -0.39 is 11.8 Å². The fraction of sp³-hybridized carbons (Fsp3) is 0.333. The third kappa shape index (κ3) is 4.32. The Labute approximate surface area is 146 Å². The van der Waals surface area contributed by atoms with Gasteiger partial charge in [-0.2, -0.15) is 10.2 Å². The van der Waals surface area contributed by atoms with Crippen molar-refractivity contribution in [2.24, 2.45) is 5.10 Å². The average molecular weight is 339 g/mol. The van der Waals surface area contributed by atoms with Gasteiger partial charge in [0.1, 0.15) is 0 Å². The maximum absolute atomic E-state index is 11.7. The second kappa shape index (κ2) is 7.29. The molecule has 1 aromatic carbocycles. The Morgan fingerprint density at radius 1 is 1.24 bits per heavy atom. The first-order valence-electron chi connectivity index (χ1n) is 8.26. The molecule has 2 aromatic rings. The van der Waals surface area contributed by atoms with Gasteiger partial charge in [0.25, 0.3) is 0 Å². The second-order valence-corrected chi connectivity index (χ2v) is 6.17. The second-order valence-electron chi connectivity index (χ2n) is 6.17. The summed E-state index contributed by atoms with van der Waals surface area (Å²) in [4.78, 5) is 23.2. The first-order chi connectivity index (χ1) is 12.0. The monoisotopic (exact) mass is 339 g/mol. The Morgan fingerprint density at radius 3 is 2.64 bits per heavy atom. The maximum Gasteiger partial charge on any atom is 0.329 e. The zero-order valence-electron chi connectivity index (χ0n) is 14.3. The van der Waals surface area contributed by atoms with E-state index in [-0.39, 0.29) is 6.04 Å². The van der Waals surface area contributed by atoms with Crippen molar-refractivity contribution >= 4 is 18.0 Å². The Bertz CT molecular complexity index is 806. The number of hydrogen-bond donors (Lipinski definition) is 2. The van der Waals surface area contributed by atoms with Crippen LogP contribution >= 0.6 is 0 Å². The number of nitrogens with one attached hydrogen (secondary N) is 2. The van der Waals surface area contributed by atoms with Crippen molar-refractivity contribution in [1.82, 2.24) is 20.5 Å². The van der Waals surface area contributed by atoms with E-state index in [1.807, 2.05) is 48.9 Å². The number of hydrogen-bond acceptors (Lipinski definition) is 4. The zero-order valence-corrected chi connectivity index (χ0v) is 14.3. The topological polar surface area (TPSA) is 88.4 Å². The molecule has 0 saturated heterocycles. The van der Waals surface area contributed by atoms with Crippen molar-refractivity contribution < 1.29 is 9.59 Å². The molecule has 130 valence electrons. The number of aromatic nitrogens is 2. The molecule has 2 N–H and O–H groups in total. The van der Waals surface area contributed by atoms with Crippen molar-refractivity contribution in [2.75, 3.05) is 0 Å². The van der Waals surface area contributed by atoms with Crippen LogP contribution in [0.3, 0.4) is 0 Å². The summed E-state index contributed by atoms with van der Waals surface area (Å²) in [6.45, 7) is 4.50. The molecule has 1 aliphatic carbocycles. The number of nitrogens with zero attached hydrogens (tertiary/aromatic N) is 3. The van der Waals surface area contributed by atoms with Gasteiger partial charge in [0, 0.05) is 17.3 Å². The van der Waals surface area contributed by atoms with Crippen molar-refractivity contribution in [3.05, 3.63) is 52.8 Å². The van der Waals surface area contributed by atoms with E-state index in [2.05, 4.69) is 20.9 Å². The fourth-order valence-electron chi connectivity index (χ4n) is 2.49. The van der Waals surface area contributed by atoms with Gasteiger partial charge >= 0.3 is 11.8 Å². The molecule has 7 nitrogen and oxygen atoms in total. The summed E-state index contributed by atoms with van der Waals surface area (Å²) in [6, 6.07) is 10.2. The van der Waals surface area contributed by atoms with E-state index in [4.69, 9.17) is 0 Å². The molecule has 2 amide bonds. The minimum atomic E-state index is -0.755. The first kappa shape index (κ1) is 16.9. The van der Waals surface area contributed by atoms with Gasteiger partial charge in [0.05, 0.1) is 18.5 Å². The Morgan fingerprint density at radius 2 is 1.96 bits per heavy atom. The van der Waals surface area contributed by atoms with E-state index in [9.17, 15) is 9.59 Å². The molecule has 25 heavy (non-hydrogen) atoms. The summed E-state index contributed by atoms with van der Waals surface area (Å²) < 4.78 is 1.90. The summed E-state index contributed by atoms with van der Waals surface area (Å²) in [5.74, 6) is -1.40. The van der Waals surface area contributed by atoms with Crippen LogP contribution in [0.2, 0.25) is 0 Å². The van der Waals surface area contributed by atoms with Gasteiger partial charge in [-0.1, -0.05) is 30.3 Å². The van der Waals surface area contributed by atoms with Gasteiger partial charge < -0.3 is 5.32 Å². The van der Waals surface area contributed by atoms with Crippen LogP contribution in [0.5, 0.6) is 0 Å². The molecular weight excluding hydrogens is 318 g/mol. The van der Waals surface area contributed by atoms with E-state index >= 15 is 0 Å². The molecule has 1 aliphatic rings. The molecule has 1 fully saturated rings. The van der Waals surface area contributed by atoms with Crippen LogP contribution in [0.15, 0.2) is 35.4 Å². The molecule has 1 aromatic heterocycles. The Balaban J connectivity index is 1.63. The minimum Gasteiger partial charge on any atom is -0.345 e. The Kier molecular flexibility index (Phi) is 4.92. The lowest BCUT2D eigenvalue weighted by atomic mass is 10.2. The van der Waals surface area contributed by atoms with Gasteiger partial charge in [-0.05, 0) is 32.3 Å². The molecular formula is C18H21N5O2. The van der Waals surface area contributed by atoms with E-state index in [0.717, 1.165) is 35.4 Å². The zero-order chi connectivity index (χ0) is 17.8. The number of amides is 2. The van der Waals surface area contributed by atoms with Crippen molar-refractivity contribution in [1.29, 1.82) is 0 Å². The van der Waals surface area contributed by atoms with E-state index in [1.54, 1.807) is 0 Å². The molecule has 0 aliphatic heterocycles. The SMILES string of the molecule is Cc1nn(Cc2ccccc2)c(C)c1/C=N\NC(=O)C(=O)NC1CC1. The van der Waals surface area contributed by atoms with Crippen molar-refractivity contribution in [3.63, 3.8) is 0 Å². The van der Waals surface area contributed by atoms with Crippen molar-refractivity contribution in [3.8, 4) is 0 Å². The van der Waals surface area contributed by atoms with Gasteiger partial charge in [0.2, 0.25) is 0 Å². The highest BCUT2D eigenvalue weighted by molar-refractivity contribution is 6.35. The molecule has 0 unspecified atom stereocenters. The predicted molar refractivity (Wildman–Crippen MR) is 94.1 cm³/mol. The van der Waals surface area contributed by atoms with Crippen LogP contribution in [0.4, 0.5) is 0 Å². The highest BCUT2D eigenvalue weighted by atomic mass is 16.2. The molecule has 0 atom stereocenters. The third-order valence-electron chi connectivity index (χ3n) is 4.09. The lowest BCUT2D eigenvalue weighted by molar-refractivity contribution is -0.139. The average Bonchev–Trinajstić information content (AvgIpc) is 3.37. The van der Waals surface area contributed by atoms with Gasteiger partial charge in [-0.25, -0.2) is 5.43 Å². The van der Waals surface area contributed by atoms with Gasteiger partial charge in [-0.3, -0.25) is 14.3 Å². The lowest BCUT2D eigenvalue weighted by Crippen LogP contribution is -2.38. The summed E-state index contributed by atoms with van der Waals surface area (Å²) in [6.07, 6.45) is 3.39. The number of carbonyl (C=O) groups is 2. The van der Waals surface area contributed by atoms with Crippen LogP contribution in [0.1, 0.15) is 35.4 Å². The first-order valence-corrected chi connectivity index (χ1v) is 8.26. The molecule has 0 spiro atoms. The molecule has 7 heteroatoms. The van der Waals surface area contributed by atoms with Gasteiger partial charge in [-0.15, -0.1) is 0 Å². The lowest BCUT2D eigenvalue weighted by Gasteiger charge is -2.04. The molecule has 0 bridgehead atoms. The van der Waals surface area contributed by atoms with E-state index in [0.29, 0.717) is 6.54 Å². The number of rotatable bonds is 5. The smallest absolute Gasteiger partial charge is 0.329 e. The quantitative estimate of drug-likeness (QED) is 0.488. The van der Waals surface area contributed by atoms with Crippen molar-refractivity contribution in [2.45, 2.75) is 39.3 Å². The predicted octanol–water partition coefficient (Wildman–Crippen LogP) is 1.28. The number of carbonyl (C=O) groups excluding carboxylic acids is 2. The van der Waals surface area contributed by atoms with Crippen LogP contribution in [0.25, 0.3) is 0 Å². The summed E-state index contributed by atoms with van der Waals surface area (Å²) in [5, 5.41) is 11.0. The van der Waals surface area contributed by atoms with Crippen LogP contribution in [-0.4, -0.2) is 33.9 Å². The fourth-order valence-corrected chi connectivity index (χ4v) is 2.49. The molecule has 0 radical (unpaired) electrons. The van der Waals surface area contributed by atoms with Crippen LogP contribution in [-0.2, 0) is 16.1 Å². The van der Waals surface area contributed by atoms with Crippen LogP contribution < -0.4 is 10.7 Å². The van der Waals surface area contributed by atoms with Crippen LogP contribution in [0, 0.1) is 13.8 Å². The maximum atomic E-state index is 11.7. The van der Waals surface area contributed by atoms with E-state index in [1.165, 1.54) is 6.21 Å². The normalized spacial score (nSPS) is 13.8. The summed E-state index contributed by atoms with van der Waals surface area (Å²) in [5.41, 5.74) is 6.01. The largest absolute Gasteiger partial charge is 0.345 e. The minimum absolute atomic E-state index is 0.142. The van der Waals surface area contributed by atoms with Gasteiger partial charge in [0.15, 0.2) is 0 Å². The third-order valence-corrected chi connectivity index (χ3v) is 4.09. The summed E-state index contributed by atoms with van der Waals surface area (Å²) in [7, 11) is 0. The molecule has 1 saturated carbocycles. The molecule has 1 heterocycles. The number of benzene rings is 1.